The highest BCUT2D eigenvalue weighted by Crippen LogP contribution is 2.18. The van der Waals surface area contributed by atoms with E-state index in [0.717, 1.165) is 0 Å². The van der Waals surface area contributed by atoms with E-state index in [-0.39, 0.29) is 23.5 Å². The van der Waals surface area contributed by atoms with Gasteiger partial charge in [0, 0.05) is 19.0 Å². The van der Waals surface area contributed by atoms with Crippen LogP contribution in [0.3, 0.4) is 0 Å². The van der Waals surface area contributed by atoms with E-state index in [2.05, 4.69) is 12.6 Å². The fraction of sp³-hybridized carbons (Fsp3) is 0.889. The van der Waals surface area contributed by atoms with Gasteiger partial charge in [-0.2, -0.15) is 12.6 Å². The topological polar surface area (TPSA) is 54.5 Å². The lowest BCUT2D eigenvalue weighted by Crippen LogP contribution is -2.41. The molecule has 0 spiro atoms. The second-order valence-electron chi connectivity index (χ2n) is 3.71. The lowest BCUT2D eigenvalue weighted by molar-refractivity contribution is -0.132. The van der Waals surface area contributed by atoms with Crippen LogP contribution in [0.4, 0.5) is 0 Å². The van der Waals surface area contributed by atoms with Crippen LogP contribution in [0.15, 0.2) is 0 Å². The second-order valence-corrected chi connectivity index (χ2v) is 6.39. The molecule has 1 aliphatic heterocycles. The first-order valence-corrected chi connectivity index (χ1v) is 7.56. The van der Waals surface area contributed by atoms with E-state index in [1.165, 1.54) is 0 Å². The third-order valence-corrected chi connectivity index (χ3v) is 4.61. The molecule has 4 nitrogen and oxygen atoms in total. The molecule has 1 saturated heterocycles. The second kappa shape index (κ2) is 5.21. The summed E-state index contributed by atoms with van der Waals surface area (Å²) >= 11 is 4.00. The molecular formula is C9H17NO3S2. The minimum atomic E-state index is -2.91. The molecule has 0 aromatic rings. The van der Waals surface area contributed by atoms with Gasteiger partial charge in [0.25, 0.3) is 0 Å². The standard InChI is InChI=1S/C9H17NO3S2/c1-2-10(9(11)3-5-14)8-4-6-15(12,13)7-8/h8,14H,2-7H2,1H3. The Balaban J connectivity index is 2.64. The number of sulfone groups is 1. The van der Waals surface area contributed by atoms with Crippen LogP contribution in [-0.4, -0.2) is 49.1 Å². The number of nitrogens with zero attached hydrogens (tertiary/aromatic N) is 1. The molecule has 0 saturated carbocycles. The molecular weight excluding hydrogens is 234 g/mol. The van der Waals surface area contributed by atoms with E-state index in [9.17, 15) is 13.2 Å². The van der Waals surface area contributed by atoms with Crippen molar-refractivity contribution in [2.24, 2.45) is 0 Å². The van der Waals surface area contributed by atoms with Crippen LogP contribution in [0, 0.1) is 0 Å². The van der Waals surface area contributed by atoms with Gasteiger partial charge in [-0.05, 0) is 19.1 Å². The number of amides is 1. The fourth-order valence-corrected chi connectivity index (χ4v) is 3.82. The Morgan fingerprint density at radius 2 is 2.20 bits per heavy atom. The fourth-order valence-electron chi connectivity index (χ4n) is 1.90. The molecule has 15 heavy (non-hydrogen) atoms. The van der Waals surface area contributed by atoms with Crippen LogP contribution in [0.2, 0.25) is 0 Å². The van der Waals surface area contributed by atoms with Gasteiger partial charge in [0.2, 0.25) is 5.91 Å². The number of rotatable bonds is 4. The van der Waals surface area contributed by atoms with Crippen molar-refractivity contribution in [3.8, 4) is 0 Å². The Hall–Kier alpha value is -0.230. The van der Waals surface area contributed by atoms with Crippen LogP contribution >= 0.6 is 12.6 Å². The Kier molecular flexibility index (Phi) is 4.45. The van der Waals surface area contributed by atoms with Crippen LogP contribution in [0.1, 0.15) is 19.8 Å². The Morgan fingerprint density at radius 1 is 1.53 bits per heavy atom. The summed E-state index contributed by atoms with van der Waals surface area (Å²) < 4.78 is 22.6. The van der Waals surface area contributed by atoms with Crippen molar-refractivity contribution in [3.05, 3.63) is 0 Å². The van der Waals surface area contributed by atoms with Gasteiger partial charge in [0.1, 0.15) is 0 Å². The molecule has 1 aliphatic rings. The largest absolute Gasteiger partial charge is 0.339 e. The molecule has 1 rings (SSSR count). The van der Waals surface area contributed by atoms with Gasteiger partial charge in [-0.1, -0.05) is 0 Å². The van der Waals surface area contributed by atoms with E-state index in [0.29, 0.717) is 25.1 Å². The molecule has 1 atom stereocenters. The highest BCUT2D eigenvalue weighted by atomic mass is 32.2. The quantitative estimate of drug-likeness (QED) is 0.733. The third kappa shape index (κ3) is 3.38. The minimum Gasteiger partial charge on any atom is -0.339 e. The van der Waals surface area contributed by atoms with Gasteiger partial charge in [0.05, 0.1) is 11.5 Å². The third-order valence-electron chi connectivity index (χ3n) is 2.64. The number of thiol groups is 1. The Bertz CT molecular complexity index is 326. The summed E-state index contributed by atoms with van der Waals surface area (Å²) in [6.45, 7) is 2.45. The normalized spacial score (nSPS) is 24.0. The molecule has 0 N–H and O–H groups in total. The van der Waals surface area contributed by atoms with Crippen molar-refractivity contribution in [1.82, 2.24) is 4.90 Å². The summed E-state index contributed by atoms with van der Waals surface area (Å²) in [5.41, 5.74) is 0. The summed E-state index contributed by atoms with van der Waals surface area (Å²) in [5.74, 6) is 0.852. The summed E-state index contributed by atoms with van der Waals surface area (Å²) in [7, 11) is -2.91. The number of hydrogen-bond donors (Lipinski definition) is 1. The van der Waals surface area contributed by atoms with Gasteiger partial charge in [-0.3, -0.25) is 4.79 Å². The molecule has 0 radical (unpaired) electrons. The molecule has 0 aromatic heterocycles. The van der Waals surface area contributed by atoms with Crippen LogP contribution < -0.4 is 0 Å². The summed E-state index contributed by atoms with van der Waals surface area (Å²) in [6.07, 6.45) is 0.960. The Morgan fingerprint density at radius 3 is 2.60 bits per heavy atom. The van der Waals surface area contributed by atoms with Crippen LogP contribution in [-0.2, 0) is 14.6 Å². The first kappa shape index (κ1) is 12.8. The van der Waals surface area contributed by atoms with Crippen LogP contribution in [0.5, 0.6) is 0 Å². The van der Waals surface area contributed by atoms with Crippen LogP contribution in [0.25, 0.3) is 0 Å². The van der Waals surface area contributed by atoms with Crippen molar-refractivity contribution in [2.75, 3.05) is 23.8 Å². The molecule has 0 bridgehead atoms. The zero-order valence-electron chi connectivity index (χ0n) is 8.85. The van der Waals surface area contributed by atoms with Crippen molar-refractivity contribution in [1.29, 1.82) is 0 Å². The smallest absolute Gasteiger partial charge is 0.223 e. The van der Waals surface area contributed by atoms with Crippen molar-refractivity contribution in [3.63, 3.8) is 0 Å². The zero-order valence-corrected chi connectivity index (χ0v) is 10.6. The summed E-state index contributed by atoms with van der Waals surface area (Å²) in [4.78, 5) is 13.3. The lowest BCUT2D eigenvalue weighted by Gasteiger charge is -2.26. The van der Waals surface area contributed by atoms with E-state index < -0.39 is 9.84 Å². The molecule has 1 heterocycles. The average molecular weight is 251 g/mol. The van der Waals surface area contributed by atoms with E-state index >= 15 is 0 Å². The summed E-state index contributed by atoms with van der Waals surface area (Å²) in [5, 5.41) is 0. The van der Waals surface area contributed by atoms with E-state index in [1.807, 2.05) is 6.92 Å². The molecule has 0 aromatic carbocycles. The lowest BCUT2D eigenvalue weighted by atomic mass is 10.2. The molecule has 6 heteroatoms. The van der Waals surface area contributed by atoms with Crippen molar-refractivity contribution < 1.29 is 13.2 Å². The Labute approximate surface area is 96.4 Å². The minimum absolute atomic E-state index is 0.00889. The number of carbonyl (C=O) groups excluding carboxylic acids is 1. The molecule has 1 fully saturated rings. The van der Waals surface area contributed by atoms with Gasteiger partial charge in [-0.25, -0.2) is 8.42 Å². The van der Waals surface area contributed by atoms with Crippen molar-refractivity contribution in [2.45, 2.75) is 25.8 Å². The van der Waals surface area contributed by atoms with Gasteiger partial charge >= 0.3 is 0 Å². The van der Waals surface area contributed by atoms with Gasteiger partial charge < -0.3 is 4.90 Å². The maximum absolute atomic E-state index is 11.7. The van der Waals surface area contributed by atoms with Crippen molar-refractivity contribution >= 4 is 28.4 Å². The maximum atomic E-state index is 11.7. The first-order chi connectivity index (χ1) is 7.00. The molecule has 1 amide bonds. The van der Waals surface area contributed by atoms with E-state index in [4.69, 9.17) is 0 Å². The van der Waals surface area contributed by atoms with E-state index in [1.54, 1.807) is 4.90 Å². The first-order valence-electron chi connectivity index (χ1n) is 5.11. The molecule has 0 aliphatic carbocycles. The number of carbonyl (C=O) groups is 1. The maximum Gasteiger partial charge on any atom is 0.223 e. The molecule has 88 valence electrons. The number of hydrogen-bond acceptors (Lipinski definition) is 4. The SMILES string of the molecule is CCN(C(=O)CCS)C1CCS(=O)(=O)C1. The highest BCUT2D eigenvalue weighted by molar-refractivity contribution is 7.91. The van der Waals surface area contributed by atoms with Gasteiger partial charge in [-0.15, -0.1) is 0 Å². The zero-order chi connectivity index (χ0) is 11.5. The average Bonchev–Trinajstić information content (AvgIpc) is 2.48. The van der Waals surface area contributed by atoms with Gasteiger partial charge in [0.15, 0.2) is 9.84 Å². The predicted octanol–water partition coefficient (Wildman–Crippen LogP) is 0.342. The summed E-state index contributed by atoms with van der Waals surface area (Å²) in [6, 6.07) is -0.118. The predicted molar refractivity (Wildman–Crippen MR) is 62.9 cm³/mol. The monoisotopic (exact) mass is 251 g/mol. The molecule has 1 unspecified atom stereocenters. The highest BCUT2D eigenvalue weighted by Gasteiger charge is 2.33.